The monoisotopic (exact) mass is 499 g/mol. The number of rotatable bonds is 6. The van der Waals surface area contributed by atoms with Crippen molar-refractivity contribution in [3.05, 3.63) is 45.8 Å². The third-order valence-electron chi connectivity index (χ3n) is 8.48. The number of nitrogens with zero attached hydrogens (tertiary/aromatic N) is 3. The second-order valence-electron chi connectivity index (χ2n) is 10.7. The van der Waals surface area contributed by atoms with E-state index in [0.29, 0.717) is 47.8 Å². The minimum Gasteiger partial charge on any atom is -0.379 e. The summed E-state index contributed by atoms with van der Waals surface area (Å²) in [4.78, 5) is 27.8. The Morgan fingerprint density at radius 2 is 2.03 bits per heavy atom. The van der Waals surface area contributed by atoms with E-state index in [4.69, 9.17) is 16.3 Å². The first-order chi connectivity index (χ1) is 16.7. The molecule has 2 aromatic rings. The van der Waals surface area contributed by atoms with Crippen LogP contribution in [-0.2, 0) is 16.1 Å². The topological polar surface area (TPSA) is 88.5 Å². The molecule has 2 bridgehead atoms. The highest BCUT2D eigenvalue weighted by Gasteiger charge is 2.56. The highest BCUT2D eigenvalue weighted by Crippen LogP contribution is 2.61. The van der Waals surface area contributed by atoms with Crippen molar-refractivity contribution in [1.82, 2.24) is 9.78 Å². The molecule has 35 heavy (non-hydrogen) atoms. The molecule has 2 N–H and O–H groups in total. The fraction of sp³-hybridized carbons (Fsp3) is 0.577. The molecule has 0 radical (unpaired) electrons. The molecule has 1 amide bonds. The molecule has 1 aromatic heterocycles. The van der Waals surface area contributed by atoms with Crippen molar-refractivity contribution in [2.45, 2.75) is 46.2 Å². The number of anilines is 3. The highest BCUT2D eigenvalue weighted by molar-refractivity contribution is 6.32. The van der Waals surface area contributed by atoms with Crippen molar-refractivity contribution in [3.8, 4) is 0 Å². The minimum atomic E-state index is -0.470. The van der Waals surface area contributed by atoms with E-state index in [1.807, 2.05) is 24.3 Å². The van der Waals surface area contributed by atoms with Crippen LogP contribution in [0.15, 0.2) is 35.3 Å². The van der Waals surface area contributed by atoms with Crippen molar-refractivity contribution in [3.63, 3.8) is 0 Å². The zero-order chi connectivity index (χ0) is 24.7. The normalized spacial score (nSPS) is 27.1. The molecule has 1 saturated heterocycles. The highest BCUT2D eigenvalue weighted by atomic mass is 35.5. The van der Waals surface area contributed by atoms with E-state index in [9.17, 15) is 9.59 Å². The summed E-state index contributed by atoms with van der Waals surface area (Å²) in [5, 5.41) is 10.7. The van der Waals surface area contributed by atoms with Gasteiger partial charge in [0.2, 0.25) is 5.91 Å². The smallest absolute Gasteiger partial charge is 0.288 e. The second-order valence-corrected chi connectivity index (χ2v) is 11.1. The average Bonchev–Trinajstić information content (AvgIpc) is 2.85. The number of amides is 1. The van der Waals surface area contributed by atoms with E-state index in [2.05, 4.69) is 41.4 Å². The molecule has 6 rings (SSSR count). The van der Waals surface area contributed by atoms with E-state index >= 15 is 0 Å². The Hall–Kier alpha value is -2.58. The van der Waals surface area contributed by atoms with Crippen molar-refractivity contribution in [2.75, 3.05) is 41.8 Å². The maximum atomic E-state index is 12.9. The lowest BCUT2D eigenvalue weighted by molar-refractivity contribution is -0.117. The van der Waals surface area contributed by atoms with Gasteiger partial charge in [-0.25, -0.2) is 4.68 Å². The Balaban J connectivity index is 1.22. The van der Waals surface area contributed by atoms with E-state index in [-0.39, 0.29) is 23.5 Å². The van der Waals surface area contributed by atoms with Crippen LogP contribution in [0, 0.1) is 23.2 Å². The summed E-state index contributed by atoms with van der Waals surface area (Å²) in [6, 6.07) is 7.94. The summed E-state index contributed by atoms with van der Waals surface area (Å²) in [7, 11) is 0. The molecule has 1 aliphatic heterocycles. The number of carbonyl (C=O) groups excluding carboxylic acids is 1. The molecule has 3 aliphatic carbocycles. The number of fused-ring (bicyclic) bond motifs is 2. The summed E-state index contributed by atoms with van der Waals surface area (Å²) in [5.41, 5.74) is 2.16. The van der Waals surface area contributed by atoms with E-state index in [0.717, 1.165) is 29.9 Å². The molecule has 8 nitrogen and oxygen atoms in total. The molecule has 2 heterocycles. The third-order valence-corrected chi connectivity index (χ3v) is 8.84. The van der Waals surface area contributed by atoms with Crippen LogP contribution >= 0.6 is 11.6 Å². The van der Waals surface area contributed by atoms with Crippen molar-refractivity contribution >= 4 is 34.6 Å². The minimum absolute atomic E-state index is 0.0767. The number of aromatic nitrogens is 2. The quantitative estimate of drug-likeness (QED) is 0.627. The average molecular weight is 500 g/mol. The van der Waals surface area contributed by atoms with Crippen LogP contribution < -0.4 is 21.1 Å². The molecule has 4 fully saturated rings. The first kappa shape index (κ1) is 24.1. The van der Waals surface area contributed by atoms with Gasteiger partial charge in [-0.05, 0) is 54.2 Å². The summed E-state index contributed by atoms with van der Waals surface area (Å²) in [6.07, 6.45) is 3.91. The molecular weight excluding hydrogens is 466 g/mol. The molecule has 9 heteroatoms. The summed E-state index contributed by atoms with van der Waals surface area (Å²) >= 11 is 6.44. The number of hydrogen-bond acceptors (Lipinski definition) is 6. The van der Waals surface area contributed by atoms with Crippen LogP contribution in [0.5, 0.6) is 0 Å². The largest absolute Gasteiger partial charge is 0.379 e. The first-order valence-corrected chi connectivity index (χ1v) is 12.9. The molecule has 4 aliphatic rings. The fourth-order valence-corrected chi connectivity index (χ4v) is 6.36. The predicted octanol–water partition coefficient (Wildman–Crippen LogP) is 3.85. The van der Waals surface area contributed by atoms with Gasteiger partial charge in [0, 0.05) is 30.5 Å². The van der Waals surface area contributed by atoms with Gasteiger partial charge in [0.05, 0.1) is 25.1 Å². The third kappa shape index (κ3) is 4.66. The van der Waals surface area contributed by atoms with Gasteiger partial charge in [0.1, 0.15) is 11.6 Å². The second kappa shape index (κ2) is 9.47. The molecule has 1 aromatic carbocycles. The van der Waals surface area contributed by atoms with Crippen molar-refractivity contribution in [1.29, 1.82) is 0 Å². The molecule has 0 spiro atoms. The van der Waals surface area contributed by atoms with Crippen LogP contribution in [0.1, 0.15) is 33.6 Å². The van der Waals surface area contributed by atoms with Crippen LogP contribution in [0.2, 0.25) is 5.02 Å². The molecule has 3 saturated carbocycles. The zero-order valence-corrected chi connectivity index (χ0v) is 21.3. The van der Waals surface area contributed by atoms with Gasteiger partial charge >= 0.3 is 0 Å². The summed E-state index contributed by atoms with van der Waals surface area (Å²) < 4.78 is 6.52. The zero-order valence-electron chi connectivity index (χ0n) is 20.6. The maximum absolute atomic E-state index is 12.9. The number of nitrogens with one attached hydrogen (secondary N) is 2. The maximum Gasteiger partial charge on any atom is 0.288 e. The molecular formula is C26H34ClN5O3. The van der Waals surface area contributed by atoms with Crippen LogP contribution in [0.25, 0.3) is 0 Å². The van der Waals surface area contributed by atoms with Crippen molar-refractivity contribution in [2.24, 2.45) is 23.2 Å². The van der Waals surface area contributed by atoms with E-state index in [1.54, 1.807) is 6.20 Å². The Morgan fingerprint density at radius 1 is 1.26 bits per heavy atom. The lowest BCUT2D eigenvalue weighted by Gasteiger charge is -2.62. The van der Waals surface area contributed by atoms with Gasteiger partial charge in [-0.15, -0.1) is 0 Å². The van der Waals surface area contributed by atoms with Gasteiger partial charge in [0.15, 0.2) is 0 Å². The Morgan fingerprint density at radius 3 is 2.74 bits per heavy atom. The number of carbonyl (C=O) groups is 1. The number of halogens is 1. The van der Waals surface area contributed by atoms with Crippen molar-refractivity contribution < 1.29 is 9.53 Å². The van der Waals surface area contributed by atoms with Gasteiger partial charge in [-0.1, -0.05) is 38.4 Å². The number of benzene rings is 1. The fourth-order valence-electron chi connectivity index (χ4n) is 6.16. The van der Waals surface area contributed by atoms with E-state index in [1.165, 1.54) is 6.42 Å². The lowest BCUT2D eigenvalue weighted by atomic mass is 9.45. The Kier molecular flexibility index (Phi) is 6.53. The predicted molar refractivity (Wildman–Crippen MR) is 138 cm³/mol. The van der Waals surface area contributed by atoms with Gasteiger partial charge in [-0.2, -0.15) is 5.10 Å². The molecule has 188 valence electrons. The standard InChI is InChI=1S/C26H34ClN5O3/c1-16-20-11-17(26(20,2)3)12-21(16)30-22-14-28-32(25(34)24(22)27)15-23(33)29-18-5-4-6-19(13-18)31-7-9-35-10-8-31/h4-6,13-14,16-17,20-21,30H,7-12,15H2,1-3H3,(H,29,33)/t16-,17-,20+,21-/m1/s1. The van der Waals surface area contributed by atoms with Gasteiger partial charge < -0.3 is 20.3 Å². The Bertz CT molecular complexity index is 1160. The van der Waals surface area contributed by atoms with Crippen LogP contribution in [0.4, 0.5) is 17.1 Å². The number of ether oxygens (including phenoxy) is 1. The van der Waals surface area contributed by atoms with Gasteiger partial charge in [0.25, 0.3) is 5.56 Å². The Labute approximate surface area is 211 Å². The SMILES string of the molecule is C[C@H]1[C@H](Nc2cnn(CC(=O)Nc3cccc(N4CCOCC4)c3)c(=O)c2Cl)C[C@H]2C[C@@H]1C2(C)C. The van der Waals surface area contributed by atoms with Gasteiger partial charge in [-0.3, -0.25) is 9.59 Å². The summed E-state index contributed by atoms with van der Waals surface area (Å²) in [5.74, 6) is 1.53. The molecule has 4 atom stereocenters. The summed E-state index contributed by atoms with van der Waals surface area (Å²) in [6.45, 7) is 9.80. The number of hydrogen-bond donors (Lipinski definition) is 2. The van der Waals surface area contributed by atoms with Crippen LogP contribution in [-0.4, -0.2) is 48.0 Å². The number of morpholine rings is 1. The molecule has 0 unspecified atom stereocenters. The first-order valence-electron chi connectivity index (χ1n) is 12.5. The van der Waals surface area contributed by atoms with E-state index < -0.39 is 5.56 Å². The van der Waals surface area contributed by atoms with Crippen LogP contribution in [0.3, 0.4) is 0 Å². The lowest BCUT2D eigenvalue weighted by Crippen LogP contribution is -2.58.